The molecule has 13 heteroatoms. The summed E-state index contributed by atoms with van der Waals surface area (Å²) >= 11 is 0. The second-order valence-corrected chi connectivity index (χ2v) is 9.05. The van der Waals surface area contributed by atoms with Gasteiger partial charge in [0.2, 0.25) is 0 Å². The zero-order chi connectivity index (χ0) is 28.2. The minimum Gasteiger partial charge on any atom is -0.355 e. The van der Waals surface area contributed by atoms with E-state index in [0.717, 1.165) is 19.4 Å². The number of aromatic nitrogens is 4. The molecule has 0 aliphatic heterocycles. The summed E-state index contributed by atoms with van der Waals surface area (Å²) in [4.78, 5) is 25.7. The van der Waals surface area contributed by atoms with Gasteiger partial charge in [-0.15, -0.1) is 0 Å². The molecule has 0 saturated carbocycles. The van der Waals surface area contributed by atoms with Crippen LogP contribution in [0.1, 0.15) is 35.3 Å². The minimum absolute atomic E-state index is 0.0994. The lowest BCUT2D eigenvalue weighted by molar-refractivity contribution is 0.0759. The molecule has 200 valence electrons. The van der Waals surface area contributed by atoms with Crippen LogP contribution in [0.4, 0.5) is 20.2 Å². The summed E-state index contributed by atoms with van der Waals surface area (Å²) in [6.07, 6.45) is 2.39. The highest BCUT2D eigenvalue weighted by Gasteiger charge is 2.29. The highest BCUT2D eigenvalue weighted by Crippen LogP contribution is 2.25. The lowest BCUT2D eigenvalue weighted by Gasteiger charge is -2.20. The normalized spacial score (nSPS) is 12.6. The second-order valence-electron chi connectivity index (χ2n) is 9.05. The molecular weight excluding hydrogens is 506 g/mol. The Morgan fingerprint density at radius 1 is 1.21 bits per heavy atom. The molecule has 1 amide bonds. The molecular formula is C26H26F2N10O. The van der Waals surface area contributed by atoms with Crippen LogP contribution in [0, 0.1) is 11.3 Å². The molecule has 3 aromatic heterocycles. The number of nitrogens with zero attached hydrogens (tertiary/aromatic N) is 6. The number of amidine groups is 1. The van der Waals surface area contributed by atoms with Gasteiger partial charge in [0.15, 0.2) is 17.6 Å². The van der Waals surface area contributed by atoms with Crippen LogP contribution in [-0.4, -0.2) is 56.9 Å². The molecule has 3 heterocycles. The molecule has 0 bridgehead atoms. The Morgan fingerprint density at radius 2 is 1.95 bits per heavy atom. The third kappa shape index (κ3) is 5.97. The number of fused-ring (bicyclic) bond motifs is 1. The van der Waals surface area contributed by atoms with Gasteiger partial charge in [0.1, 0.15) is 17.6 Å². The predicted octanol–water partition coefficient (Wildman–Crippen LogP) is 3.09. The number of carbonyl (C=O) groups excluding carboxylic acids is 1. The van der Waals surface area contributed by atoms with Crippen molar-refractivity contribution in [2.24, 2.45) is 10.8 Å². The molecule has 39 heavy (non-hydrogen) atoms. The first-order chi connectivity index (χ1) is 18.6. The average molecular weight is 533 g/mol. The molecule has 1 atom stereocenters. The molecule has 1 unspecified atom stereocenters. The van der Waals surface area contributed by atoms with Gasteiger partial charge in [0.25, 0.3) is 5.91 Å². The van der Waals surface area contributed by atoms with Gasteiger partial charge in [-0.1, -0.05) is 0 Å². The van der Waals surface area contributed by atoms with Crippen molar-refractivity contribution in [1.82, 2.24) is 30.5 Å². The van der Waals surface area contributed by atoms with E-state index in [1.54, 1.807) is 49.6 Å². The van der Waals surface area contributed by atoms with Crippen molar-refractivity contribution in [3.8, 4) is 11.9 Å². The van der Waals surface area contributed by atoms with Crippen LogP contribution < -0.4 is 21.9 Å². The van der Waals surface area contributed by atoms with Gasteiger partial charge < -0.3 is 16.1 Å². The zero-order valence-electron chi connectivity index (χ0n) is 21.4. The van der Waals surface area contributed by atoms with Gasteiger partial charge in [-0.3, -0.25) is 9.79 Å². The van der Waals surface area contributed by atoms with E-state index in [1.165, 1.54) is 17.1 Å². The number of benzene rings is 1. The third-order valence-corrected chi connectivity index (χ3v) is 5.87. The number of nitrogens with two attached hydrogens (primary N) is 1. The van der Waals surface area contributed by atoms with Crippen LogP contribution >= 0.6 is 0 Å². The van der Waals surface area contributed by atoms with Crippen LogP contribution in [-0.2, 0) is 0 Å². The van der Waals surface area contributed by atoms with E-state index in [9.17, 15) is 13.6 Å². The van der Waals surface area contributed by atoms with Gasteiger partial charge in [0, 0.05) is 42.1 Å². The van der Waals surface area contributed by atoms with E-state index < -0.39 is 24.3 Å². The van der Waals surface area contributed by atoms with Gasteiger partial charge in [-0.25, -0.2) is 24.6 Å². The summed E-state index contributed by atoms with van der Waals surface area (Å²) in [6.45, 7) is 1.69. The van der Waals surface area contributed by atoms with Crippen molar-refractivity contribution < 1.29 is 13.6 Å². The van der Waals surface area contributed by atoms with Crippen molar-refractivity contribution in [1.29, 1.82) is 5.26 Å². The fraction of sp³-hybridized carbons (Fsp3) is 0.231. The number of aliphatic imine (C=N–C) groups is 1. The number of anilines is 2. The Morgan fingerprint density at radius 3 is 2.59 bits per heavy atom. The van der Waals surface area contributed by atoms with E-state index >= 15 is 0 Å². The number of pyridine rings is 2. The number of rotatable bonds is 8. The Hall–Kier alpha value is -4.96. The summed E-state index contributed by atoms with van der Waals surface area (Å²) in [5, 5.41) is 19.7. The number of hydrogen-bond acceptors (Lipinski definition) is 8. The second kappa shape index (κ2) is 11.2. The molecule has 1 aromatic carbocycles. The average Bonchev–Trinajstić information content (AvgIpc) is 3.35. The van der Waals surface area contributed by atoms with E-state index in [1.807, 2.05) is 6.07 Å². The van der Waals surface area contributed by atoms with E-state index in [4.69, 9.17) is 11.1 Å². The first-order valence-electron chi connectivity index (χ1n) is 11.8. The Labute approximate surface area is 222 Å². The van der Waals surface area contributed by atoms with Gasteiger partial charge in [-0.05, 0) is 44.2 Å². The third-order valence-electron chi connectivity index (χ3n) is 5.87. The first kappa shape index (κ1) is 27.1. The fourth-order valence-corrected chi connectivity index (χ4v) is 3.66. The minimum atomic E-state index is -2.11. The number of halogens is 2. The van der Waals surface area contributed by atoms with Crippen LogP contribution in [0.3, 0.4) is 0 Å². The Balaban J connectivity index is 1.71. The van der Waals surface area contributed by atoms with Crippen molar-refractivity contribution in [2.45, 2.75) is 25.7 Å². The fourth-order valence-electron chi connectivity index (χ4n) is 3.66. The van der Waals surface area contributed by atoms with Crippen molar-refractivity contribution in [3.05, 3.63) is 71.7 Å². The molecule has 0 spiro atoms. The van der Waals surface area contributed by atoms with E-state index in [2.05, 4.69) is 36.1 Å². The molecule has 0 fully saturated rings. The lowest BCUT2D eigenvalue weighted by atomic mass is 10.1. The summed E-state index contributed by atoms with van der Waals surface area (Å²) in [5.41, 5.74) is 3.04. The maximum Gasteiger partial charge on any atom is 0.255 e. The number of amides is 1. The number of alkyl halides is 2. The van der Waals surface area contributed by atoms with Crippen LogP contribution in [0.5, 0.6) is 0 Å². The van der Waals surface area contributed by atoms with Crippen molar-refractivity contribution >= 4 is 34.2 Å². The van der Waals surface area contributed by atoms with Gasteiger partial charge >= 0.3 is 0 Å². The van der Waals surface area contributed by atoms with Crippen LogP contribution in [0.15, 0.2) is 60.0 Å². The quantitative estimate of drug-likeness (QED) is 0.117. The largest absolute Gasteiger partial charge is 0.355 e. The molecule has 11 nitrogen and oxygen atoms in total. The maximum absolute atomic E-state index is 14.2. The van der Waals surface area contributed by atoms with Gasteiger partial charge in [-0.2, -0.15) is 15.0 Å². The summed E-state index contributed by atoms with van der Waals surface area (Å²) in [7, 11) is 1.60. The Bertz CT molecular complexity index is 1570. The van der Waals surface area contributed by atoms with Crippen LogP contribution in [0.25, 0.3) is 16.9 Å². The topological polar surface area (TPSA) is 159 Å². The highest BCUT2D eigenvalue weighted by molar-refractivity contribution is 6.01. The van der Waals surface area contributed by atoms with Crippen molar-refractivity contribution in [3.63, 3.8) is 0 Å². The number of hydrogen-bond donors (Lipinski definition) is 4. The van der Waals surface area contributed by atoms with Crippen molar-refractivity contribution in [2.75, 3.05) is 18.9 Å². The SMILES string of the molecule is CN=C(NN)c1ccc(Nc2cc(-n3ncc4cc(C#N)cnc43)ncc2C(=O)NCC(F)C(C)(C)F)cc1. The smallest absolute Gasteiger partial charge is 0.255 e. The molecule has 4 aromatic rings. The van der Waals surface area contributed by atoms with E-state index in [0.29, 0.717) is 39.6 Å². The van der Waals surface area contributed by atoms with Crippen LogP contribution in [0.2, 0.25) is 0 Å². The monoisotopic (exact) mass is 532 g/mol. The van der Waals surface area contributed by atoms with E-state index in [-0.39, 0.29) is 5.56 Å². The first-order valence-corrected chi connectivity index (χ1v) is 11.8. The molecule has 5 N–H and O–H groups in total. The summed E-state index contributed by atoms with van der Waals surface area (Å²) < 4.78 is 29.6. The lowest BCUT2D eigenvalue weighted by Crippen LogP contribution is -2.39. The molecule has 4 rings (SSSR count). The molecule has 0 saturated heterocycles. The Kier molecular flexibility index (Phi) is 7.78. The zero-order valence-corrected chi connectivity index (χ0v) is 21.4. The predicted molar refractivity (Wildman–Crippen MR) is 143 cm³/mol. The highest BCUT2D eigenvalue weighted by atomic mass is 19.2. The number of hydrazine groups is 1. The molecule has 0 aliphatic carbocycles. The number of nitrogens with one attached hydrogen (secondary N) is 3. The number of carbonyl (C=O) groups is 1. The summed E-state index contributed by atoms with van der Waals surface area (Å²) in [6, 6.07) is 12.3. The maximum atomic E-state index is 14.2. The number of nitriles is 1. The standard InChI is InChI=1S/C26H26F2N10O/c1-26(2,28)21(27)14-34-25(39)19-13-32-22(38-24-17(12-35-38)8-15(10-29)11-33-24)9-20(19)36-18-6-4-16(5-7-18)23(31-3)37-30/h4-9,11-13,21H,14,30H2,1-3H3,(H,31,37)(H,32,36)(H,34,39). The summed E-state index contributed by atoms with van der Waals surface area (Å²) in [5.74, 6) is 5.67. The molecule has 0 aliphatic rings. The van der Waals surface area contributed by atoms with Gasteiger partial charge in [0.05, 0.1) is 29.6 Å². The molecule has 0 radical (unpaired) electrons.